The molecule has 0 amide bonds. The van der Waals surface area contributed by atoms with Gasteiger partial charge < -0.3 is 5.73 Å². The quantitative estimate of drug-likeness (QED) is 0.430. The number of halogens is 4. The molecule has 1 rings (SSSR count). The molecule has 0 unspecified atom stereocenters. The van der Waals surface area contributed by atoms with E-state index in [1.54, 1.807) is 0 Å². The maximum atomic E-state index is 12.9. The highest BCUT2D eigenvalue weighted by molar-refractivity contribution is 9.10. The first-order chi connectivity index (χ1) is 5.04. The summed E-state index contributed by atoms with van der Waals surface area (Å²) in [7, 11) is 0. The van der Waals surface area contributed by atoms with Crippen LogP contribution >= 0.6 is 39.1 Å². The van der Waals surface area contributed by atoms with Crippen LogP contribution in [0.15, 0.2) is 10.5 Å². The zero-order chi connectivity index (χ0) is 8.59. The lowest BCUT2D eigenvalue weighted by molar-refractivity contribution is 0.626. The van der Waals surface area contributed by atoms with Crippen molar-refractivity contribution >= 4 is 44.8 Å². The summed E-state index contributed by atoms with van der Waals surface area (Å²) in [6, 6.07) is 1.38. The van der Waals surface area contributed by atoms with Crippen LogP contribution in [0.1, 0.15) is 0 Å². The van der Waals surface area contributed by atoms with Gasteiger partial charge in [0.1, 0.15) is 0 Å². The molecule has 1 aromatic rings. The molecule has 0 atom stereocenters. The molecule has 0 spiro atoms. The number of nitrogen functional groups attached to an aromatic ring is 1. The molecule has 5 heteroatoms. The van der Waals surface area contributed by atoms with Gasteiger partial charge in [-0.05, 0) is 22.0 Å². The molecule has 1 nitrogen and oxygen atoms in total. The normalized spacial score (nSPS) is 10.2. The summed E-state index contributed by atoms with van der Waals surface area (Å²) >= 11 is 14.0. The molecule has 1 aromatic carbocycles. The largest absolute Gasteiger partial charge is 0.395 e. The van der Waals surface area contributed by atoms with E-state index >= 15 is 0 Å². The van der Waals surface area contributed by atoms with Crippen molar-refractivity contribution in [3.05, 3.63) is 26.4 Å². The third-order valence-corrected chi connectivity index (χ3v) is 2.76. The van der Waals surface area contributed by atoms with Gasteiger partial charge in [0.2, 0.25) is 0 Å². The van der Waals surface area contributed by atoms with Crippen LogP contribution in [0.25, 0.3) is 0 Å². The molecule has 0 aromatic heterocycles. The Balaban J connectivity index is 3.46. The SMILES string of the molecule is Nc1c(Cl)cc(Cl)c(Br)c1F. The fourth-order valence-electron chi connectivity index (χ4n) is 0.580. The average molecular weight is 259 g/mol. The fourth-order valence-corrected chi connectivity index (χ4v) is 1.35. The Bertz CT molecular complexity index is 277. The van der Waals surface area contributed by atoms with Crippen LogP contribution in [0.4, 0.5) is 10.1 Å². The minimum Gasteiger partial charge on any atom is -0.395 e. The second kappa shape index (κ2) is 3.17. The molecular formula is C6H3BrCl2FN. The minimum atomic E-state index is -0.623. The molecule has 0 aliphatic rings. The Morgan fingerprint density at radius 3 is 2.45 bits per heavy atom. The minimum absolute atomic E-state index is 0.0945. The van der Waals surface area contributed by atoms with Crippen molar-refractivity contribution < 1.29 is 4.39 Å². The van der Waals surface area contributed by atoms with Crippen molar-refractivity contribution in [3.63, 3.8) is 0 Å². The molecule has 0 radical (unpaired) electrons. The third-order valence-electron chi connectivity index (χ3n) is 1.15. The number of benzene rings is 1. The second-order valence-electron chi connectivity index (χ2n) is 1.88. The average Bonchev–Trinajstić information content (AvgIpc) is 1.97. The van der Waals surface area contributed by atoms with Gasteiger partial charge in [0, 0.05) is 0 Å². The van der Waals surface area contributed by atoms with Gasteiger partial charge in [0.15, 0.2) is 5.82 Å². The molecule has 0 aliphatic heterocycles. The first kappa shape index (κ1) is 9.10. The number of anilines is 1. The Labute approximate surface area is 81.4 Å². The molecule has 0 aliphatic carbocycles. The summed E-state index contributed by atoms with van der Waals surface area (Å²) in [4.78, 5) is 0. The lowest BCUT2D eigenvalue weighted by Crippen LogP contribution is -1.93. The molecule has 0 fully saturated rings. The first-order valence-electron chi connectivity index (χ1n) is 2.62. The first-order valence-corrected chi connectivity index (χ1v) is 4.17. The molecule has 11 heavy (non-hydrogen) atoms. The van der Waals surface area contributed by atoms with Crippen molar-refractivity contribution in [2.75, 3.05) is 5.73 Å². The van der Waals surface area contributed by atoms with Crippen molar-refractivity contribution in [1.29, 1.82) is 0 Å². The highest BCUT2D eigenvalue weighted by atomic mass is 79.9. The fraction of sp³-hybridized carbons (Fsp3) is 0. The standard InChI is InChI=1S/C6H3BrCl2FN/c7-4-2(8)1-3(9)6(11)5(4)10/h1H,11H2. The zero-order valence-electron chi connectivity index (χ0n) is 5.17. The summed E-state index contributed by atoms with van der Waals surface area (Å²) in [6.45, 7) is 0. The molecular weight excluding hydrogens is 256 g/mol. The van der Waals surface area contributed by atoms with Gasteiger partial charge in [-0.15, -0.1) is 0 Å². The van der Waals surface area contributed by atoms with Crippen molar-refractivity contribution in [3.8, 4) is 0 Å². The number of hydrogen-bond acceptors (Lipinski definition) is 1. The maximum Gasteiger partial charge on any atom is 0.163 e. The van der Waals surface area contributed by atoms with E-state index < -0.39 is 5.82 Å². The third kappa shape index (κ3) is 1.60. The summed E-state index contributed by atoms with van der Waals surface area (Å²) < 4.78 is 13.1. The van der Waals surface area contributed by atoms with E-state index in [2.05, 4.69) is 15.9 Å². The zero-order valence-corrected chi connectivity index (χ0v) is 8.26. The molecule has 0 saturated carbocycles. The summed E-state index contributed by atoms with van der Waals surface area (Å²) in [6.07, 6.45) is 0. The van der Waals surface area contributed by atoms with Crippen LogP contribution in [0.2, 0.25) is 10.0 Å². The van der Waals surface area contributed by atoms with Gasteiger partial charge in [-0.25, -0.2) is 4.39 Å². The molecule has 0 bridgehead atoms. The van der Waals surface area contributed by atoms with Crippen LogP contribution in [0, 0.1) is 5.82 Å². The van der Waals surface area contributed by atoms with Gasteiger partial charge in [-0.2, -0.15) is 0 Å². The lowest BCUT2D eigenvalue weighted by Gasteiger charge is -2.02. The highest BCUT2D eigenvalue weighted by Crippen LogP contribution is 2.34. The van der Waals surface area contributed by atoms with Crippen LogP contribution in [0.5, 0.6) is 0 Å². The van der Waals surface area contributed by atoms with E-state index in [1.807, 2.05) is 0 Å². The maximum absolute atomic E-state index is 12.9. The van der Waals surface area contributed by atoms with Crippen molar-refractivity contribution in [2.45, 2.75) is 0 Å². The topological polar surface area (TPSA) is 26.0 Å². The summed E-state index contributed by atoms with van der Waals surface area (Å²) in [5.41, 5.74) is 5.16. The van der Waals surface area contributed by atoms with Crippen LogP contribution in [0.3, 0.4) is 0 Å². The second-order valence-corrected chi connectivity index (χ2v) is 3.49. The van der Waals surface area contributed by atoms with Gasteiger partial charge in [-0.1, -0.05) is 23.2 Å². The number of rotatable bonds is 0. The van der Waals surface area contributed by atoms with E-state index in [-0.39, 0.29) is 20.2 Å². The van der Waals surface area contributed by atoms with Crippen LogP contribution in [-0.4, -0.2) is 0 Å². The Morgan fingerprint density at radius 1 is 1.36 bits per heavy atom. The van der Waals surface area contributed by atoms with Crippen LogP contribution < -0.4 is 5.73 Å². The number of nitrogens with two attached hydrogens (primary N) is 1. The lowest BCUT2D eigenvalue weighted by atomic mass is 10.3. The van der Waals surface area contributed by atoms with Crippen LogP contribution in [-0.2, 0) is 0 Å². The molecule has 0 saturated heterocycles. The summed E-state index contributed by atoms with van der Waals surface area (Å²) in [5, 5.41) is 0.331. The smallest absolute Gasteiger partial charge is 0.163 e. The predicted molar refractivity (Wildman–Crippen MR) is 48.5 cm³/mol. The molecule has 2 N–H and O–H groups in total. The van der Waals surface area contributed by atoms with E-state index in [9.17, 15) is 4.39 Å². The Kier molecular flexibility index (Phi) is 2.62. The molecule has 0 heterocycles. The van der Waals surface area contributed by atoms with E-state index in [1.165, 1.54) is 6.07 Å². The van der Waals surface area contributed by atoms with E-state index in [0.717, 1.165) is 0 Å². The van der Waals surface area contributed by atoms with E-state index in [4.69, 9.17) is 28.9 Å². The van der Waals surface area contributed by atoms with Crippen molar-refractivity contribution in [1.82, 2.24) is 0 Å². The van der Waals surface area contributed by atoms with E-state index in [0.29, 0.717) is 0 Å². The van der Waals surface area contributed by atoms with Gasteiger partial charge in [0.05, 0.1) is 20.2 Å². The molecule has 60 valence electrons. The van der Waals surface area contributed by atoms with Gasteiger partial charge in [-0.3, -0.25) is 0 Å². The predicted octanol–water partition coefficient (Wildman–Crippen LogP) is 3.48. The Morgan fingerprint density at radius 2 is 1.91 bits per heavy atom. The summed E-state index contributed by atoms with van der Waals surface area (Å²) in [5.74, 6) is -0.623. The number of hydrogen-bond donors (Lipinski definition) is 1. The highest BCUT2D eigenvalue weighted by Gasteiger charge is 2.11. The Hall–Kier alpha value is 0.01000. The van der Waals surface area contributed by atoms with Crippen molar-refractivity contribution in [2.24, 2.45) is 0 Å². The van der Waals surface area contributed by atoms with Gasteiger partial charge >= 0.3 is 0 Å². The monoisotopic (exact) mass is 257 g/mol. The van der Waals surface area contributed by atoms with Gasteiger partial charge in [0.25, 0.3) is 0 Å².